The van der Waals surface area contributed by atoms with Gasteiger partial charge in [-0.25, -0.2) is 0 Å². The molecule has 0 aromatic carbocycles. The number of hydrogen-bond donors (Lipinski definition) is 1. The molecule has 1 N–H and O–H groups in total. The summed E-state index contributed by atoms with van der Waals surface area (Å²) >= 11 is 0. The molecule has 0 spiro atoms. The van der Waals surface area contributed by atoms with Crippen LogP contribution < -0.4 is 0 Å². The van der Waals surface area contributed by atoms with Crippen molar-refractivity contribution in [2.45, 2.75) is 25.7 Å². The van der Waals surface area contributed by atoms with Gasteiger partial charge in [0.15, 0.2) is 0 Å². The van der Waals surface area contributed by atoms with Gasteiger partial charge < -0.3 is 5.21 Å². The van der Waals surface area contributed by atoms with Gasteiger partial charge in [0, 0.05) is 13.1 Å². The van der Waals surface area contributed by atoms with Crippen LogP contribution in [0.15, 0.2) is 0 Å². The maximum absolute atomic E-state index is 8.92. The molecule has 1 rings (SSSR count). The van der Waals surface area contributed by atoms with Gasteiger partial charge in [-0.05, 0) is 12.8 Å². The summed E-state index contributed by atoms with van der Waals surface area (Å²) in [6.45, 7) is 1.75. The molecule has 8 heavy (non-hydrogen) atoms. The highest BCUT2D eigenvalue weighted by molar-refractivity contribution is 4.53. The van der Waals surface area contributed by atoms with Crippen molar-refractivity contribution >= 4 is 0 Å². The Morgan fingerprint density at radius 2 is 1.38 bits per heavy atom. The second-order valence-corrected chi connectivity index (χ2v) is 2.37. The molecule has 1 aliphatic rings. The minimum Gasteiger partial charge on any atom is -0.314 e. The van der Waals surface area contributed by atoms with Crippen LogP contribution >= 0.6 is 0 Å². The molecule has 1 fully saturated rings. The summed E-state index contributed by atoms with van der Waals surface area (Å²) in [5.41, 5.74) is 0. The van der Waals surface area contributed by atoms with Crippen molar-refractivity contribution in [2.75, 3.05) is 13.1 Å². The lowest BCUT2D eigenvalue weighted by Gasteiger charge is -2.08. The largest absolute Gasteiger partial charge is 0.314 e. The van der Waals surface area contributed by atoms with E-state index in [9.17, 15) is 0 Å². The third kappa shape index (κ3) is 1.80. The van der Waals surface area contributed by atoms with E-state index < -0.39 is 0 Å². The summed E-state index contributed by atoms with van der Waals surface area (Å²) in [5.74, 6) is 0. The fourth-order valence-corrected chi connectivity index (χ4v) is 1.05. The highest BCUT2D eigenvalue weighted by Gasteiger charge is 2.03. The Labute approximate surface area is 50.1 Å². The maximum atomic E-state index is 8.92. The van der Waals surface area contributed by atoms with Gasteiger partial charge in [0.1, 0.15) is 0 Å². The predicted molar refractivity (Wildman–Crippen MR) is 31.8 cm³/mol. The Bertz CT molecular complexity index is 57.5. The average molecular weight is 115 g/mol. The van der Waals surface area contributed by atoms with Gasteiger partial charge in [0.05, 0.1) is 0 Å². The van der Waals surface area contributed by atoms with Crippen LogP contribution in [0, 0.1) is 0 Å². The van der Waals surface area contributed by atoms with Gasteiger partial charge in [0.2, 0.25) is 0 Å². The average Bonchev–Trinajstić information content (AvgIpc) is 1.94. The summed E-state index contributed by atoms with van der Waals surface area (Å²) in [7, 11) is 0. The molecule has 0 atom stereocenters. The molecule has 0 radical (unpaired) electrons. The second-order valence-electron chi connectivity index (χ2n) is 2.37. The van der Waals surface area contributed by atoms with Crippen LogP contribution in [0.5, 0.6) is 0 Å². The Hall–Kier alpha value is -0.0800. The van der Waals surface area contributed by atoms with Crippen LogP contribution in [-0.4, -0.2) is 23.4 Å². The van der Waals surface area contributed by atoms with Crippen LogP contribution in [0.4, 0.5) is 0 Å². The van der Waals surface area contributed by atoms with Crippen molar-refractivity contribution in [2.24, 2.45) is 0 Å². The quantitative estimate of drug-likeness (QED) is 0.513. The van der Waals surface area contributed by atoms with E-state index >= 15 is 0 Å². The van der Waals surface area contributed by atoms with Crippen molar-refractivity contribution in [3.05, 3.63) is 0 Å². The van der Waals surface area contributed by atoms with Crippen LogP contribution in [0.3, 0.4) is 0 Å². The van der Waals surface area contributed by atoms with Crippen LogP contribution in [0.25, 0.3) is 0 Å². The molecule has 48 valence electrons. The molecule has 0 aromatic rings. The molecule has 0 unspecified atom stereocenters. The number of nitrogens with zero attached hydrogens (tertiary/aromatic N) is 1. The summed E-state index contributed by atoms with van der Waals surface area (Å²) in [6.07, 6.45) is 4.90. The SMILES string of the molecule is ON1CCCCCC1. The zero-order valence-electron chi connectivity index (χ0n) is 5.14. The van der Waals surface area contributed by atoms with Gasteiger partial charge in [-0.15, -0.1) is 0 Å². The van der Waals surface area contributed by atoms with Crippen molar-refractivity contribution in [1.82, 2.24) is 5.06 Å². The predicted octanol–water partition coefficient (Wildman–Crippen LogP) is 1.25. The standard InChI is InChI=1S/C6H13NO/c8-7-5-3-1-2-4-6-7/h8H,1-6H2. The van der Waals surface area contributed by atoms with E-state index in [2.05, 4.69) is 0 Å². The molecule has 0 saturated carbocycles. The lowest BCUT2D eigenvalue weighted by atomic mass is 10.2. The van der Waals surface area contributed by atoms with Crippen LogP contribution in [0.1, 0.15) is 25.7 Å². The first-order chi connectivity index (χ1) is 3.89. The van der Waals surface area contributed by atoms with E-state index in [4.69, 9.17) is 5.21 Å². The van der Waals surface area contributed by atoms with Gasteiger partial charge in [-0.1, -0.05) is 12.8 Å². The normalized spacial score (nSPS) is 25.1. The minimum atomic E-state index is 0.875. The third-order valence-corrected chi connectivity index (χ3v) is 1.58. The maximum Gasteiger partial charge on any atom is 0.0238 e. The zero-order chi connectivity index (χ0) is 5.82. The number of hydroxylamine groups is 2. The van der Waals surface area contributed by atoms with Gasteiger partial charge >= 0.3 is 0 Å². The molecule has 0 bridgehead atoms. The summed E-state index contributed by atoms with van der Waals surface area (Å²) in [6, 6.07) is 0. The molecule has 2 heteroatoms. The van der Waals surface area contributed by atoms with Crippen molar-refractivity contribution in [1.29, 1.82) is 0 Å². The molecule has 1 heterocycles. The first-order valence-corrected chi connectivity index (χ1v) is 3.33. The van der Waals surface area contributed by atoms with E-state index in [0.29, 0.717) is 0 Å². The first kappa shape index (κ1) is 6.05. The first-order valence-electron chi connectivity index (χ1n) is 3.33. The van der Waals surface area contributed by atoms with Gasteiger partial charge in [-0.3, -0.25) is 0 Å². The van der Waals surface area contributed by atoms with E-state index in [1.54, 1.807) is 0 Å². The molecular formula is C6H13NO. The van der Waals surface area contributed by atoms with Gasteiger partial charge in [0.25, 0.3) is 0 Å². The Kier molecular flexibility index (Phi) is 2.30. The molecule has 0 aliphatic carbocycles. The lowest BCUT2D eigenvalue weighted by Crippen LogP contribution is -2.19. The highest BCUT2D eigenvalue weighted by atomic mass is 16.5. The Morgan fingerprint density at radius 1 is 0.875 bits per heavy atom. The van der Waals surface area contributed by atoms with E-state index in [0.717, 1.165) is 25.9 Å². The summed E-state index contributed by atoms with van der Waals surface area (Å²) in [4.78, 5) is 0. The molecular weight excluding hydrogens is 102 g/mol. The third-order valence-electron chi connectivity index (χ3n) is 1.58. The molecule has 0 aromatic heterocycles. The highest BCUT2D eigenvalue weighted by Crippen LogP contribution is 2.06. The van der Waals surface area contributed by atoms with Gasteiger partial charge in [-0.2, -0.15) is 5.06 Å². The second kappa shape index (κ2) is 3.05. The Balaban J connectivity index is 2.17. The number of rotatable bonds is 0. The zero-order valence-corrected chi connectivity index (χ0v) is 5.14. The molecule has 0 amide bonds. The fraction of sp³-hybridized carbons (Fsp3) is 1.00. The molecule has 2 nitrogen and oxygen atoms in total. The van der Waals surface area contributed by atoms with E-state index in [1.165, 1.54) is 17.9 Å². The summed E-state index contributed by atoms with van der Waals surface area (Å²) < 4.78 is 0. The van der Waals surface area contributed by atoms with Crippen molar-refractivity contribution in [3.8, 4) is 0 Å². The van der Waals surface area contributed by atoms with Crippen molar-refractivity contribution in [3.63, 3.8) is 0 Å². The van der Waals surface area contributed by atoms with Crippen LogP contribution in [0.2, 0.25) is 0 Å². The number of hydrogen-bond acceptors (Lipinski definition) is 2. The molecule has 1 saturated heterocycles. The fourth-order valence-electron chi connectivity index (χ4n) is 1.05. The lowest BCUT2D eigenvalue weighted by molar-refractivity contribution is -0.0873. The smallest absolute Gasteiger partial charge is 0.0238 e. The van der Waals surface area contributed by atoms with E-state index in [-0.39, 0.29) is 0 Å². The molecule has 1 aliphatic heterocycles. The van der Waals surface area contributed by atoms with E-state index in [1.807, 2.05) is 0 Å². The summed E-state index contributed by atoms with van der Waals surface area (Å²) in [5, 5.41) is 10.3. The topological polar surface area (TPSA) is 23.5 Å². The monoisotopic (exact) mass is 115 g/mol. The van der Waals surface area contributed by atoms with Crippen LogP contribution in [-0.2, 0) is 0 Å². The minimum absolute atomic E-state index is 0.875. The van der Waals surface area contributed by atoms with Crippen molar-refractivity contribution < 1.29 is 5.21 Å². The Morgan fingerprint density at radius 3 is 1.88 bits per heavy atom.